The number of fused-ring (bicyclic) bond motifs is 2. The molecule has 0 spiro atoms. The first-order valence-electron chi connectivity index (χ1n) is 6.17. The van der Waals surface area contributed by atoms with Crippen molar-refractivity contribution in [1.82, 2.24) is 0 Å². The Hall–Kier alpha value is -1.75. The summed E-state index contributed by atoms with van der Waals surface area (Å²) < 4.78 is 36.0. The van der Waals surface area contributed by atoms with E-state index in [4.69, 9.17) is 9.47 Å². The first-order chi connectivity index (χ1) is 9.80. The molecule has 0 amide bonds. The molecule has 3 rings (SSSR count). The summed E-state index contributed by atoms with van der Waals surface area (Å²) in [4.78, 5) is 1.99. The lowest BCUT2D eigenvalue weighted by Gasteiger charge is -2.20. The molecular formula is C15H12F2O2S. The van der Waals surface area contributed by atoms with Gasteiger partial charge in [-0.2, -0.15) is 0 Å². The zero-order valence-corrected chi connectivity index (χ0v) is 11.3. The topological polar surface area (TPSA) is 18.5 Å². The van der Waals surface area contributed by atoms with Crippen molar-refractivity contribution in [2.24, 2.45) is 0 Å². The summed E-state index contributed by atoms with van der Waals surface area (Å²) in [6.45, 7) is -1.71. The van der Waals surface area contributed by atoms with E-state index in [1.54, 1.807) is 23.9 Å². The third-order valence-electron chi connectivity index (χ3n) is 2.85. The van der Waals surface area contributed by atoms with E-state index in [1.165, 1.54) is 0 Å². The molecule has 5 heteroatoms. The quantitative estimate of drug-likeness (QED) is 0.699. The van der Waals surface area contributed by atoms with Gasteiger partial charge in [-0.3, -0.25) is 0 Å². The number of para-hydroxylation sites is 1. The van der Waals surface area contributed by atoms with Crippen molar-refractivity contribution in [3.05, 3.63) is 42.5 Å². The summed E-state index contributed by atoms with van der Waals surface area (Å²) in [7, 11) is 0. The first kappa shape index (κ1) is 13.2. The Bertz CT molecular complexity index is 615. The van der Waals surface area contributed by atoms with E-state index in [-0.39, 0.29) is 0 Å². The SMILES string of the molecule is FCC(CF)Oc1ccc2c(c1)Oc1ccccc1S2. The molecule has 20 heavy (non-hydrogen) atoms. The fourth-order valence-corrected chi connectivity index (χ4v) is 2.81. The van der Waals surface area contributed by atoms with Crippen molar-refractivity contribution >= 4 is 11.8 Å². The zero-order valence-electron chi connectivity index (χ0n) is 10.5. The highest BCUT2D eigenvalue weighted by molar-refractivity contribution is 7.99. The van der Waals surface area contributed by atoms with Crippen molar-refractivity contribution in [3.63, 3.8) is 0 Å². The van der Waals surface area contributed by atoms with Crippen LogP contribution < -0.4 is 9.47 Å². The summed E-state index contributed by atoms with van der Waals surface area (Å²) in [5.41, 5.74) is 0. The minimum Gasteiger partial charge on any atom is -0.485 e. The molecule has 1 aliphatic heterocycles. The lowest BCUT2D eigenvalue weighted by molar-refractivity contribution is 0.133. The van der Waals surface area contributed by atoms with Gasteiger partial charge in [-0.15, -0.1) is 0 Å². The van der Waals surface area contributed by atoms with Gasteiger partial charge >= 0.3 is 0 Å². The third kappa shape index (κ3) is 2.58. The molecule has 0 bridgehead atoms. The highest BCUT2D eigenvalue weighted by Crippen LogP contribution is 2.47. The van der Waals surface area contributed by atoms with Crippen molar-refractivity contribution in [2.45, 2.75) is 15.9 Å². The van der Waals surface area contributed by atoms with Gasteiger partial charge < -0.3 is 9.47 Å². The van der Waals surface area contributed by atoms with Crippen molar-refractivity contribution in [1.29, 1.82) is 0 Å². The van der Waals surface area contributed by atoms with Crippen LogP contribution in [-0.4, -0.2) is 19.5 Å². The van der Waals surface area contributed by atoms with Crippen LogP contribution in [0.15, 0.2) is 52.3 Å². The van der Waals surface area contributed by atoms with E-state index in [1.807, 2.05) is 30.3 Å². The highest BCUT2D eigenvalue weighted by Gasteiger charge is 2.19. The summed E-state index contributed by atoms with van der Waals surface area (Å²) >= 11 is 1.59. The van der Waals surface area contributed by atoms with Crippen LogP contribution in [0.4, 0.5) is 8.78 Å². The van der Waals surface area contributed by atoms with Gasteiger partial charge in [0.15, 0.2) is 6.10 Å². The first-order valence-corrected chi connectivity index (χ1v) is 6.99. The number of hydrogen-bond acceptors (Lipinski definition) is 3. The summed E-state index contributed by atoms with van der Waals surface area (Å²) in [5, 5.41) is 0. The van der Waals surface area contributed by atoms with E-state index in [0.717, 1.165) is 15.5 Å². The molecule has 0 unspecified atom stereocenters. The smallest absolute Gasteiger partial charge is 0.155 e. The normalized spacial score (nSPS) is 12.6. The van der Waals surface area contributed by atoms with Crippen LogP contribution in [0, 0.1) is 0 Å². The molecule has 0 N–H and O–H groups in total. The van der Waals surface area contributed by atoms with Gasteiger partial charge in [-0.1, -0.05) is 23.9 Å². The van der Waals surface area contributed by atoms with Crippen LogP contribution in [0.3, 0.4) is 0 Å². The van der Waals surface area contributed by atoms with E-state index in [9.17, 15) is 8.78 Å². The molecule has 0 atom stereocenters. The Balaban J connectivity index is 1.84. The van der Waals surface area contributed by atoms with E-state index >= 15 is 0 Å². The average molecular weight is 294 g/mol. The minimum absolute atomic E-state index is 0.407. The molecular weight excluding hydrogens is 282 g/mol. The Morgan fingerprint density at radius 2 is 1.75 bits per heavy atom. The summed E-state index contributed by atoms with van der Waals surface area (Å²) in [6.07, 6.45) is -1.06. The van der Waals surface area contributed by atoms with Crippen LogP contribution in [0.2, 0.25) is 0 Å². The van der Waals surface area contributed by atoms with E-state index < -0.39 is 19.5 Å². The molecule has 0 saturated heterocycles. The predicted octanol–water partition coefficient (Wildman–Crippen LogP) is 4.63. The molecule has 0 aromatic heterocycles. The largest absolute Gasteiger partial charge is 0.485 e. The van der Waals surface area contributed by atoms with Crippen LogP contribution in [0.25, 0.3) is 0 Å². The fourth-order valence-electron chi connectivity index (χ4n) is 1.88. The fraction of sp³-hybridized carbons (Fsp3) is 0.200. The number of ether oxygens (including phenoxy) is 2. The maximum atomic E-state index is 12.5. The maximum absolute atomic E-state index is 12.5. The van der Waals surface area contributed by atoms with E-state index in [2.05, 4.69) is 0 Å². The average Bonchev–Trinajstić information content (AvgIpc) is 2.50. The van der Waals surface area contributed by atoms with Crippen LogP contribution >= 0.6 is 11.8 Å². The molecule has 1 heterocycles. The Kier molecular flexibility index (Phi) is 3.78. The Morgan fingerprint density at radius 3 is 2.55 bits per heavy atom. The predicted molar refractivity (Wildman–Crippen MR) is 73.4 cm³/mol. The molecule has 0 saturated carbocycles. The Morgan fingerprint density at radius 1 is 1.00 bits per heavy atom. The standard InChI is InChI=1S/C15H12F2O2S/c16-8-11(9-17)18-10-5-6-15-13(7-10)19-12-3-1-2-4-14(12)20-15/h1-7,11H,8-9H2. The van der Waals surface area contributed by atoms with Crippen molar-refractivity contribution in [2.75, 3.05) is 13.3 Å². The van der Waals surface area contributed by atoms with Crippen molar-refractivity contribution < 1.29 is 18.3 Å². The maximum Gasteiger partial charge on any atom is 0.155 e. The molecule has 1 aliphatic rings. The van der Waals surface area contributed by atoms with Gasteiger partial charge in [0.05, 0.1) is 9.79 Å². The number of halogens is 2. The number of benzene rings is 2. The molecule has 2 aromatic rings. The van der Waals surface area contributed by atoms with Gasteiger partial charge in [-0.25, -0.2) is 8.78 Å². The third-order valence-corrected chi connectivity index (χ3v) is 3.97. The Labute approximate surface area is 119 Å². The van der Waals surface area contributed by atoms with Crippen molar-refractivity contribution in [3.8, 4) is 17.2 Å². The number of rotatable bonds is 4. The molecule has 2 nitrogen and oxygen atoms in total. The molecule has 0 radical (unpaired) electrons. The van der Waals surface area contributed by atoms with Crippen LogP contribution in [0.1, 0.15) is 0 Å². The van der Waals surface area contributed by atoms with Gasteiger partial charge in [0, 0.05) is 6.07 Å². The summed E-state index contributed by atoms with van der Waals surface area (Å²) in [6, 6.07) is 12.9. The second-order valence-corrected chi connectivity index (χ2v) is 5.39. The minimum atomic E-state index is -1.06. The second-order valence-electron chi connectivity index (χ2n) is 4.31. The van der Waals surface area contributed by atoms with Gasteiger partial charge in [0.25, 0.3) is 0 Å². The lowest BCUT2D eigenvalue weighted by Crippen LogP contribution is -2.21. The summed E-state index contributed by atoms with van der Waals surface area (Å²) in [5.74, 6) is 1.82. The lowest BCUT2D eigenvalue weighted by atomic mass is 10.3. The van der Waals surface area contributed by atoms with Gasteiger partial charge in [-0.05, 0) is 24.3 Å². The molecule has 0 aliphatic carbocycles. The number of hydrogen-bond donors (Lipinski definition) is 0. The van der Waals surface area contributed by atoms with Crippen LogP contribution in [0.5, 0.6) is 17.2 Å². The highest BCUT2D eigenvalue weighted by atomic mass is 32.2. The molecule has 104 valence electrons. The molecule has 0 fully saturated rings. The number of alkyl halides is 2. The van der Waals surface area contributed by atoms with Crippen LogP contribution in [-0.2, 0) is 0 Å². The molecule has 2 aromatic carbocycles. The second kappa shape index (κ2) is 5.71. The van der Waals surface area contributed by atoms with Gasteiger partial charge in [0.1, 0.15) is 30.6 Å². The van der Waals surface area contributed by atoms with E-state index in [0.29, 0.717) is 11.5 Å². The zero-order chi connectivity index (χ0) is 13.9. The van der Waals surface area contributed by atoms with Gasteiger partial charge in [0.2, 0.25) is 0 Å². The monoisotopic (exact) mass is 294 g/mol.